The van der Waals surface area contributed by atoms with E-state index < -0.39 is 18.8 Å². The van der Waals surface area contributed by atoms with Crippen LogP contribution in [0.2, 0.25) is 0 Å². The van der Waals surface area contributed by atoms with E-state index in [4.69, 9.17) is 34.8 Å². The fraction of sp³-hybridized carbons (Fsp3) is 1.00. The third kappa shape index (κ3) is 0.865. The van der Waals surface area contributed by atoms with Crippen molar-refractivity contribution in [2.45, 2.75) is 15.6 Å². The lowest BCUT2D eigenvalue weighted by molar-refractivity contribution is 0.161. The third-order valence-corrected chi connectivity index (χ3v) is 5.24. The molecule has 1 atom stereocenters. The first kappa shape index (κ1) is 8.87. The smallest absolute Gasteiger partial charge is 0.226 e. The zero-order chi connectivity index (χ0) is 8.21. The summed E-state index contributed by atoms with van der Waals surface area (Å²) in [5, 5.41) is 0. The first-order valence-electron chi connectivity index (χ1n) is 2.23. The Morgan fingerprint density at radius 1 is 1.30 bits per heavy atom. The maximum absolute atomic E-state index is 10.6. The topological polar surface area (TPSA) is 43.4 Å². The Kier molecular flexibility index (Phi) is 1.71. The molecular formula is C3H3Cl3O3S. The van der Waals surface area contributed by atoms with Crippen LogP contribution in [0.1, 0.15) is 6.92 Å². The highest BCUT2D eigenvalue weighted by Gasteiger charge is 2.69. The van der Waals surface area contributed by atoms with Crippen LogP contribution in [0.3, 0.4) is 0 Å². The maximum atomic E-state index is 10.6. The highest BCUT2D eigenvalue weighted by molar-refractivity contribution is 7.91. The maximum Gasteiger partial charge on any atom is 0.295 e. The molecule has 0 radical (unpaired) electrons. The Morgan fingerprint density at radius 2 is 1.70 bits per heavy atom. The van der Waals surface area contributed by atoms with Crippen LogP contribution in [0.15, 0.2) is 0 Å². The minimum absolute atomic E-state index is 1.17. The molecule has 7 heteroatoms. The van der Waals surface area contributed by atoms with E-state index in [-0.39, 0.29) is 0 Å². The molecule has 0 N–H and O–H groups in total. The van der Waals surface area contributed by atoms with Crippen molar-refractivity contribution < 1.29 is 12.6 Å². The summed E-state index contributed by atoms with van der Waals surface area (Å²) in [6.07, 6.45) is 0. The normalized spacial score (nSPS) is 42.4. The second-order valence-electron chi connectivity index (χ2n) is 1.97. The Labute approximate surface area is 73.3 Å². The SMILES string of the molecule is CC1(Cl)C(Cl)(Cl)OS1(=O)=O. The summed E-state index contributed by atoms with van der Waals surface area (Å²) < 4.78 is 21.8. The molecule has 0 bridgehead atoms. The average Bonchev–Trinajstić information content (AvgIpc) is 1.61. The van der Waals surface area contributed by atoms with Gasteiger partial charge in [-0.1, -0.05) is 34.8 Å². The molecule has 0 aromatic carbocycles. The Morgan fingerprint density at radius 3 is 1.70 bits per heavy atom. The summed E-state index contributed by atoms with van der Waals surface area (Å²) in [4.78, 5) is 0. The van der Waals surface area contributed by atoms with Gasteiger partial charge in [0.25, 0.3) is 14.6 Å². The van der Waals surface area contributed by atoms with Gasteiger partial charge in [-0.15, -0.1) is 0 Å². The lowest BCUT2D eigenvalue weighted by Gasteiger charge is -2.42. The molecule has 10 heavy (non-hydrogen) atoms. The summed E-state index contributed by atoms with van der Waals surface area (Å²) in [5.41, 5.74) is 0. The van der Waals surface area contributed by atoms with Crippen molar-refractivity contribution in [3.8, 4) is 0 Å². The van der Waals surface area contributed by atoms with Gasteiger partial charge in [-0.25, -0.2) is 4.18 Å². The molecule has 0 amide bonds. The van der Waals surface area contributed by atoms with E-state index in [1.54, 1.807) is 0 Å². The van der Waals surface area contributed by atoms with Crippen LogP contribution in [-0.2, 0) is 14.3 Å². The van der Waals surface area contributed by atoms with Gasteiger partial charge in [-0.2, -0.15) is 8.42 Å². The van der Waals surface area contributed by atoms with Gasteiger partial charge in [0.05, 0.1) is 0 Å². The van der Waals surface area contributed by atoms with E-state index in [0.29, 0.717) is 0 Å². The summed E-state index contributed by atoms with van der Waals surface area (Å²) in [6.45, 7) is 1.17. The van der Waals surface area contributed by atoms with Gasteiger partial charge in [0, 0.05) is 0 Å². The molecule has 0 aromatic heterocycles. The van der Waals surface area contributed by atoms with E-state index in [0.717, 1.165) is 0 Å². The van der Waals surface area contributed by atoms with Crippen LogP contribution in [-0.4, -0.2) is 17.1 Å². The Hall–Kier alpha value is 0.780. The molecule has 1 aliphatic heterocycles. The molecule has 0 saturated carbocycles. The Bertz CT molecular complexity index is 254. The lowest BCUT2D eigenvalue weighted by Crippen LogP contribution is -2.60. The summed E-state index contributed by atoms with van der Waals surface area (Å²) in [7, 11) is -3.77. The molecule has 0 aliphatic carbocycles. The molecule has 60 valence electrons. The monoisotopic (exact) mass is 224 g/mol. The summed E-state index contributed by atoms with van der Waals surface area (Å²) >= 11 is 16.0. The highest BCUT2D eigenvalue weighted by atomic mass is 35.5. The van der Waals surface area contributed by atoms with Crippen LogP contribution in [0.5, 0.6) is 0 Å². The van der Waals surface area contributed by atoms with E-state index in [9.17, 15) is 8.42 Å². The minimum atomic E-state index is -3.77. The number of alkyl halides is 3. The van der Waals surface area contributed by atoms with Gasteiger partial charge in [0.15, 0.2) is 0 Å². The quantitative estimate of drug-likeness (QED) is 0.463. The van der Waals surface area contributed by atoms with Gasteiger partial charge in [-0.3, -0.25) is 0 Å². The van der Waals surface area contributed by atoms with Crippen molar-refractivity contribution in [3.63, 3.8) is 0 Å². The van der Waals surface area contributed by atoms with Crippen molar-refractivity contribution in [1.82, 2.24) is 0 Å². The number of hydrogen-bond acceptors (Lipinski definition) is 3. The molecule has 1 fully saturated rings. The van der Waals surface area contributed by atoms with E-state index in [1.807, 2.05) is 0 Å². The molecular weight excluding hydrogens is 222 g/mol. The summed E-state index contributed by atoms with van der Waals surface area (Å²) in [6, 6.07) is 0. The zero-order valence-electron chi connectivity index (χ0n) is 4.77. The molecule has 1 heterocycles. The average molecular weight is 225 g/mol. The van der Waals surface area contributed by atoms with E-state index in [1.165, 1.54) is 6.92 Å². The van der Waals surface area contributed by atoms with Gasteiger partial charge >= 0.3 is 0 Å². The van der Waals surface area contributed by atoms with Gasteiger partial charge in [0.2, 0.25) is 4.21 Å². The first-order valence-corrected chi connectivity index (χ1v) is 4.77. The van der Waals surface area contributed by atoms with E-state index >= 15 is 0 Å². The van der Waals surface area contributed by atoms with Crippen molar-refractivity contribution in [1.29, 1.82) is 0 Å². The zero-order valence-corrected chi connectivity index (χ0v) is 7.85. The predicted molar refractivity (Wildman–Crippen MR) is 38.7 cm³/mol. The van der Waals surface area contributed by atoms with Crippen LogP contribution in [0.25, 0.3) is 0 Å². The minimum Gasteiger partial charge on any atom is -0.226 e. The van der Waals surface area contributed by atoms with Crippen molar-refractivity contribution >= 4 is 44.9 Å². The first-order chi connectivity index (χ1) is 4.21. The summed E-state index contributed by atoms with van der Waals surface area (Å²) in [5.74, 6) is 0. The molecule has 1 saturated heterocycles. The van der Waals surface area contributed by atoms with E-state index in [2.05, 4.69) is 4.18 Å². The molecule has 1 unspecified atom stereocenters. The number of rotatable bonds is 0. The van der Waals surface area contributed by atoms with Crippen molar-refractivity contribution in [2.24, 2.45) is 0 Å². The van der Waals surface area contributed by atoms with Gasteiger partial charge in [-0.05, 0) is 6.92 Å². The van der Waals surface area contributed by atoms with Crippen LogP contribution < -0.4 is 0 Å². The standard InChI is InChI=1S/C3H3Cl3O3S/c1-2(4)3(5,6)9-10(2,7)8/h1H3. The lowest BCUT2D eigenvalue weighted by atomic mass is 10.5. The second kappa shape index (κ2) is 1.93. The largest absolute Gasteiger partial charge is 0.295 e. The van der Waals surface area contributed by atoms with Crippen molar-refractivity contribution in [2.75, 3.05) is 0 Å². The van der Waals surface area contributed by atoms with Gasteiger partial charge < -0.3 is 0 Å². The second-order valence-corrected chi connectivity index (χ2v) is 6.10. The molecule has 1 rings (SSSR count). The fourth-order valence-electron chi connectivity index (χ4n) is 0.402. The van der Waals surface area contributed by atoms with Crippen LogP contribution in [0, 0.1) is 0 Å². The molecule has 0 spiro atoms. The molecule has 1 aliphatic rings. The van der Waals surface area contributed by atoms with Crippen LogP contribution >= 0.6 is 34.8 Å². The molecule has 3 nitrogen and oxygen atoms in total. The van der Waals surface area contributed by atoms with Crippen LogP contribution in [0.4, 0.5) is 0 Å². The predicted octanol–water partition coefficient (Wildman–Crippen LogP) is 1.43. The number of halogens is 3. The van der Waals surface area contributed by atoms with Gasteiger partial charge in [0.1, 0.15) is 0 Å². The fourth-order valence-corrected chi connectivity index (χ4v) is 2.46. The highest BCUT2D eigenvalue weighted by Crippen LogP contribution is 2.54. The number of hydrogen-bond donors (Lipinski definition) is 0. The third-order valence-electron chi connectivity index (χ3n) is 1.20. The molecule has 0 aromatic rings. The Balaban J connectivity index is 3.08. The van der Waals surface area contributed by atoms with Crippen molar-refractivity contribution in [3.05, 3.63) is 0 Å².